The number of hydrogen-bond donors (Lipinski definition) is 2. The maximum Gasteiger partial charge on any atom is 0.204 e. The Labute approximate surface area is 95.7 Å². The van der Waals surface area contributed by atoms with Gasteiger partial charge in [-0.2, -0.15) is 5.26 Å². The van der Waals surface area contributed by atoms with Crippen LogP contribution in [0.2, 0.25) is 0 Å². The van der Waals surface area contributed by atoms with Crippen molar-refractivity contribution in [3.05, 3.63) is 0 Å². The molecule has 4 heteroatoms. The Kier molecular flexibility index (Phi) is 6.52. The fourth-order valence-electron chi connectivity index (χ4n) is 1.22. The molecule has 0 aromatic carbocycles. The van der Waals surface area contributed by atoms with Gasteiger partial charge < -0.3 is 5.32 Å². The van der Waals surface area contributed by atoms with Gasteiger partial charge in [-0.15, -0.1) is 0 Å². The van der Waals surface area contributed by atoms with Crippen LogP contribution in [0.25, 0.3) is 0 Å². The zero-order chi connectivity index (χ0) is 11.7. The van der Waals surface area contributed by atoms with E-state index in [9.17, 15) is 0 Å². The molecule has 90 valence electrons. The first kappa shape index (κ1) is 13.8. The van der Waals surface area contributed by atoms with E-state index >= 15 is 0 Å². The first-order valence-electron chi connectivity index (χ1n) is 5.35. The van der Waals surface area contributed by atoms with Crippen LogP contribution in [0, 0.1) is 16.9 Å². The number of nitrogens with one attached hydrogen (secondary N) is 2. The number of nitriles is 1. The third-order valence-electron chi connectivity index (χ3n) is 2.04. The van der Waals surface area contributed by atoms with Gasteiger partial charge in [-0.25, -0.2) is 0 Å². The minimum absolute atomic E-state index is 0. The molecule has 0 heterocycles. The molecule has 0 aliphatic rings. The van der Waals surface area contributed by atoms with Gasteiger partial charge in [0.05, 0.1) is 0 Å². The molecule has 0 fully saturated rings. The average molecular weight is 214 g/mol. The molecule has 0 saturated carbocycles. The van der Waals surface area contributed by atoms with Crippen molar-refractivity contribution < 1.29 is 2.85 Å². The van der Waals surface area contributed by atoms with Crippen LogP contribution in [0.4, 0.5) is 0 Å². The molecule has 0 rings (SSSR count). The van der Waals surface area contributed by atoms with Crippen LogP contribution < -0.4 is 10.6 Å². The maximum absolute atomic E-state index is 8.40. The Morgan fingerprint density at radius 1 is 1.40 bits per heavy atom. The SMILES string of the molecule is CN=C(NC#N)NCCCCC(C)(C)C.[HH].[HH]. The topological polar surface area (TPSA) is 60.2 Å². The highest BCUT2D eigenvalue weighted by Crippen LogP contribution is 2.20. The van der Waals surface area contributed by atoms with Crippen LogP contribution in [0.15, 0.2) is 4.99 Å². The van der Waals surface area contributed by atoms with Crippen molar-refractivity contribution in [3.63, 3.8) is 0 Å². The van der Waals surface area contributed by atoms with Gasteiger partial charge in [0, 0.05) is 16.4 Å². The van der Waals surface area contributed by atoms with E-state index in [1.807, 2.05) is 6.19 Å². The number of unbranched alkanes of at least 4 members (excludes halogenated alkanes) is 1. The predicted octanol–water partition coefficient (Wildman–Crippen LogP) is 2.34. The van der Waals surface area contributed by atoms with Crippen molar-refractivity contribution in [3.8, 4) is 6.19 Å². The summed E-state index contributed by atoms with van der Waals surface area (Å²) in [5.41, 5.74) is 0.409. The first-order chi connectivity index (χ1) is 6.99. The van der Waals surface area contributed by atoms with Crippen LogP contribution in [-0.4, -0.2) is 19.6 Å². The van der Waals surface area contributed by atoms with Gasteiger partial charge in [0.1, 0.15) is 0 Å². The van der Waals surface area contributed by atoms with Crippen molar-refractivity contribution in [1.29, 1.82) is 5.26 Å². The van der Waals surface area contributed by atoms with Crippen LogP contribution in [0.1, 0.15) is 42.9 Å². The molecule has 0 amide bonds. The number of hydrogen-bond acceptors (Lipinski definition) is 2. The van der Waals surface area contributed by atoms with Gasteiger partial charge in [-0.1, -0.05) is 27.2 Å². The van der Waals surface area contributed by atoms with E-state index in [0.717, 1.165) is 13.0 Å². The lowest BCUT2D eigenvalue weighted by Crippen LogP contribution is -2.34. The summed E-state index contributed by atoms with van der Waals surface area (Å²) in [6.07, 6.45) is 5.36. The molecule has 15 heavy (non-hydrogen) atoms. The number of aliphatic imine (C=N–C) groups is 1. The summed E-state index contributed by atoms with van der Waals surface area (Å²) >= 11 is 0. The summed E-state index contributed by atoms with van der Waals surface area (Å²) in [5, 5.41) is 14.0. The van der Waals surface area contributed by atoms with E-state index in [4.69, 9.17) is 5.26 Å². The van der Waals surface area contributed by atoms with Gasteiger partial charge in [0.2, 0.25) is 5.96 Å². The molecule has 0 aromatic heterocycles. The molecule has 0 radical (unpaired) electrons. The summed E-state index contributed by atoms with van der Waals surface area (Å²) in [6, 6.07) is 0. The highest BCUT2D eigenvalue weighted by molar-refractivity contribution is 5.80. The molecule has 0 atom stereocenters. The van der Waals surface area contributed by atoms with Gasteiger partial charge in [0.15, 0.2) is 6.19 Å². The van der Waals surface area contributed by atoms with Gasteiger partial charge in [-0.05, 0) is 18.3 Å². The summed E-state index contributed by atoms with van der Waals surface area (Å²) in [4.78, 5) is 3.90. The maximum atomic E-state index is 8.40. The molecular formula is C11H26N4. The Bertz CT molecular complexity index is 241. The largest absolute Gasteiger partial charge is 0.356 e. The van der Waals surface area contributed by atoms with Gasteiger partial charge in [0.25, 0.3) is 0 Å². The quantitative estimate of drug-likeness (QED) is 0.248. The fraction of sp³-hybridized carbons (Fsp3) is 0.818. The van der Waals surface area contributed by atoms with E-state index in [1.165, 1.54) is 12.8 Å². The van der Waals surface area contributed by atoms with Crippen molar-refractivity contribution in [2.24, 2.45) is 10.4 Å². The Balaban J connectivity index is -0.000000980. The summed E-state index contributed by atoms with van der Waals surface area (Å²) < 4.78 is 0. The van der Waals surface area contributed by atoms with Crippen LogP contribution in [0.5, 0.6) is 0 Å². The number of nitrogens with zero attached hydrogens (tertiary/aromatic N) is 2. The number of guanidine groups is 1. The van der Waals surface area contributed by atoms with E-state index in [1.54, 1.807) is 7.05 Å². The summed E-state index contributed by atoms with van der Waals surface area (Å²) in [6.45, 7) is 7.60. The smallest absolute Gasteiger partial charge is 0.204 e. The Morgan fingerprint density at radius 2 is 2.07 bits per heavy atom. The molecule has 2 N–H and O–H groups in total. The lowest BCUT2D eigenvalue weighted by atomic mass is 9.90. The molecule has 0 aliphatic carbocycles. The van der Waals surface area contributed by atoms with Crippen LogP contribution in [-0.2, 0) is 0 Å². The zero-order valence-corrected chi connectivity index (χ0v) is 10.2. The minimum atomic E-state index is 0. The molecule has 0 aliphatic heterocycles. The van der Waals surface area contributed by atoms with Crippen LogP contribution >= 0.6 is 0 Å². The lowest BCUT2D eigenvalue weighted by Gasteiger charge is -2.17. The van der Waals surface area contributed by atoms with Crippen molar-refractivity contribution in [1.82, 2.24) is 10.6 Å². The van der Waals surface area contributed by atoms with Crippen molar-refractivity contribution in [2.75, 3.05) is 13.6 Å². The van der Waals surface area contributed by atoms with Crippen molar-refractivity contribution >= 4 is 5.96 Å². The molecule has 0 unspecified atom stereocenters. The molecule has 0 aromatic rings. The van der Waals surface area contributed by atoms with E-state index < -0.39 is 0 Å². The highest BCUT2D eigenvalue weighted by atomic mass is 15.2. The predicted molar refractivity (Wildman–Crippen MR) is 67.6 cm³/mol. The van der Waals surface area contributed by atoms with Crippen LogP contribution in [0.3, 0.4) is 0 Å². The third kappa shape index (κ3) is 9.07. The van der Waals surface area contributed by atoms with Gasteiger partial charge in [-0.3, -0.25) is 10.3 Å². The second kappa shape index (κ2) is 7.10. The lowest BCUT2D eigenvalue weighted by molar-refractivity contribution is 0.360. The second-order valence-corrected chi connectivity index (χ2v) is 4.75. The van der Waals surface area contributed by atoms with Gasteiger partial charge >= 0.3 is 0 Å². The van der Waals surface area contributed by atoms with Crippen molar-refractivity contribution in [2.45, 2.75) is 40.0 Å². The Morgan fingerprint density at radius 3 is 2.53 bits per heavy atom. The molecule has 0 saturated heterocycles. The fourth-order valence-corrected chi connectivity index (χ4v) is 1.22. The molecular weight excluding hydrogens is 188 g/mol. The molecule has 0 spiro atoms. The average Bonchev–Trinajstić information content (AvgIpc) is 2.14. The molecule has 4 nitrogen and oxygen atoms in total. The zero-order valence-electron chi connectivity index (χ0n) is 10.2. The minimum Gasteiger partial charge on any atom is -0.356 e. The highest BCUT2D eigenvalue weighted by Gasteiger charge is 2.08. The second-order valence-electron chi connectivity index (χ2n) is 4.75. The Hall–Kier alpha value is -1.24. The summed E-state index contributed by atoms with van der Waals surface area (Å²) in [7, 11) is 1.65. The van der Waals surface area contributed by atoms with E-state index in [0.29, 0.717) is 11.4 Å². The normalized spacial score (nSPS) is 12.1. The standard InChI is InChI=1S/C11H22N4.2H2/c1-11(2,3)7-5-6-8-14-10(13-4)15-9-12;;/h5-8H2,1-4H3,(H2,13,14,15);2*1H. The summed E-state index contributed by atoms with van der Waals surface area (Å²) in [5.74, 6) is 0.549. The third-order valence-corrected chi connectivity index (χ3v) is 2.04. The first-order valence-corrected chi connectivity index (χ1v) is 5.35. The molecule has 0 bridgehead atoms. The number of rotatable bonds is 4. The monoisotopic (exact) mass is 214 g/mol. The van der Waals surface area contributed by atoms with E-state index in [2.05, 4.69) is 36.4 Å². The van der Waals surface area contributed by atoms with E-state index in [-0.39, 0.29) is 2.85 Å².